The highest BCUT2D eigenvalue weighted by atomic mass is 35.5. The molecule has 2 aromatic rings. The molecule has 0 radical (unpaired) electrons. The first-order valence-corrected chi connectivity index (χ1v) is 4.43. The molecule has 0 aliphatic rings. The third-order valence-electron chi connectivity index (χ3n) is 1.79. The topological polar surface area (TPSA) is 47.8 Å². The predicted molar refractivity (Wildman–Crippen MR) is 51.5 cm³/mol. The Hall–Kier alpha value is -1.75. The molecule has 1 aromatic carbocycles. The highest BCUT2D eigenvalue weighted by Gasteiger charge is 2.08. The normalized spacial score (nSPS) is 10.3. The highest BCUT2D eigenvalue weighted by Crippen LogP contribution is 2.08. The first-order valence-electron chi connectivity index (χ1n) is 4.05. The molecular formula is C9H5ClFN3O. The average Bonchev–Trinajstić information content (AvgIpc) is 2.68. The molecule has 0 saturated heterocycles. The Kier molecular flexibility index (Phi) is 2.47. The number of carbonyl (C=O) groups excluding carboxylic acids is 1. The predicted octanol–water partition coefficient (Wildman–Crippen LogP) is 1.79. The van der Waals surface area contributed by atoms with E-state index in [1.54, 1.807) is 0 Å². The van der Waals surface area contributed by atoms with Crippen LogP contribution in [0.5, 0.6) is 0 Å². The summed E-state index contributed by atoms with van der Waals surface area (Å²) in [5.74, 6) is -0.340. The molecule has 0 amide bonds. The molecule has 0 N–H and O–H groups in total. The first-order chi connectivity index (χ1) is 7.16. The minimum absolute atomic E-state index is 0.0565. The van der Waals surface area contributed by atoms with E-state index in [1.807, 2.05) is 0 Å². The summed E-state index contributed by atoms with van der Waals surface area (Å²) < 4.78 is 14.0. The maximum absolute atomic E-state index is 12.6. The van der Waals surface area contributed by atoms with Gasteiger partial charge in [-0.2, -0.15) is 0 Å². The van der Waals surface area contributed by atoms with Crippen molar-refractivity contribution in [2.75, 3.05) is 0 Å². The van der Waals surface area contributed by atoms with Crippen molar-refractivity contribution in [2.24, 2.45) is 0 Å². The number of aromatic nitrogens is 3. The Labute approximate surface area is 89.3 Å². The maximum Gasteiger partial charge on any atom is 0.274 e. The van der Waals surface area contributed by atoms with Crippen molar-refractivity contribution in [1.82, 2.24) is 15.0 Å². The van der Waals surface area contributed by atoms with Gasteiger partial charge in [0.05, 0.1) is 11.9 Å². The zero-order valence-corrected chi connectivity index (χ0v) is 8.15. The van der Waals surface area contributed by atoms with Gasteiger partial charge in [-0.15, -0.1) is 5.10 Å². The second-order valence-electron chi connectivity index (χ2n) is 2.80. The van der Waals surface area contributed by atoms with E-state index in [0.717, 1.165) is 0 Å². The lowest BCUT2D eigenvalue weighted by atomic mass is 10.3. The average molecular weight is 226 g/mol. The summed E-state index contributed by atoms with van der Waals surface area (Å²) in [7, 11) is 0. The van der Waals surface area contributed by atoms with Gasteiger partial charge in [-0.3, -0.25) is 4.79 Å². The molecule has 0 bridgehead atoms. The van der Waals surface area contributed by atoms with E-state index in [0.29, 0.717) is 5.69 Å². The molecule has 0 unspecified atom stereocenters. The minimum Gasteiger partial charge on any atom is -0.274 e. The SMILES string of the molecule is O=C(Cl)c1cn(-c2ccc(F)cc2)nn1. The maximum atomic E-state index is 12.6. The minimum atomic E-state index is -0.677. The smallest absolute Gasteiger partial charge is 0.274 e. The Morgan fingerprint density at radius 1 is 1.33 bits per heavy atom. The molecule has 15 heavy (non-hydrogen) atoms. The van der Waals surface area contributed by atoms with Crippen LogP contribution < -0.4 is 0 Å². The molecule has 0 saturated carbocycles. The highest BCUT2D eigenvalue weighted by molar-refractivity contribution is 6.67. The number of benzene rings is 1. The summed E-state index contributed by atoms with van der Waals surface area (Å²) >= 11 is 5.21. The molecule has 0 aliphatic carbocycles. The molecule has 1 aromatic heterocycles. The van der Waals surface area contributed by atoms with Gasteiger partial charge in [0.15, 0.2) is 5.69 Å². The van der Waals surface area contributed by atoms with Gasteiger partial charge in [0.1, 0.15) is 5.82 Å². The monoisotopic (exact) mass is 225 g/mol. The van der Waals surface area contributed by atoms with E-state index in [4.69, 9.17) is 11.6 Å². The third-order valence-corrected chi connectivity index (χ3v) is 1.98. The summed E-state index contributed by atoms with van der Waals surface area (Å²) in [6.45, 7) is 0. The number of halogens is 2. The molecule has 76 valence electrons. The van der Waals surface area contributed by atoms with Crippen molar-refractivity contribution >= 4 is 16.8 Å². The molecule has 0 fully saturated rings. The third kappa shape index (κ3) is 2.02. The Balaban J connectivity index is 2.37. The van der Waals surface area contributed by atoms with E-state index in [2.05, 4.69) is 10.3 Å². The quantitative estimate of drug-likeness (QED) is 0.732. The van der Waals surface area contributed by atoms with E-state index in [1.165, 1.54) is 35.1 Å². The largest absolute Gasteiger partial charge is 0.274 e. The van der Waals surface area contributed by atoms with Crippen LogP contribution in [0.1, 0.15) is 10.5 Å². The number of hydrogen-bond donors (Lipinski definition) is 0. The van der Waals surface area contributed by atoms with Crippen LogP contribution in [0.2, 0.25) is 0 Å². The van der Waals surface area contributed by atoms with E-state index in [-0.39, 0.29) is 11.5 Å². The summed E-state index contributed by atoms with van der Waals surface area (Å²) in [6, 6.07) is 5.62. The summed E-state index contributed by atoms with van der Waals surface area (Å²) in [5.41, 5.74) is 0.661. The molecule has 2 rings (SSSR count). The molecule has 6 heteroatoms. The van der Waals surface area contributed by atoms with Crippen LogP contribution in [0.25, 0.3) is 5.69 Å². The number of carbonyl (C=O) groups is 1. The van der Waals surface area contributed by atoms with Gasteiger partial charge in [-0.1, -0.05) is 5.21 Å². The second-order valence-corrected chi connectivity index (χ2v) is 3.14. The molecule has 0 atom stereocenters. The molecule has 0 aliphatic heterocycles. The summed E-state index contributed by atoms with van der Waals surface area (Å²) in [6.07, 6.45) is 1.38. The van der Waals surface area contributed by atoms with Crippen molar-refractivity contribution in [3.05, 3.63) is 42.0 Å². The van der Waals surface area contributed by atoms with Gasteiger partial charge in [-0.25, -0.2) is 9.07 Å². The van der Waals surface area contributed by atoms with Gasteiger partial charge in [0.25, 0.3) is 5.24 Å². The molecule has 1 heterocycles. The fourth-order valence-electron chi connectivity index (χ4n) is 1.07. The Bertz CT molecular complexity index is 494. The number of rotatable bonds is 2. The van der Waals surface area contributed by atoms with Crippen molar-refractivity contribution in [3.63, 3.8) is 0 Å². The standard InChI is InChI=1S/C9H5ClFN3O/c10-9(15)8-5-14(13-12-8)7-3-1-6(11)2-4-7/h1-5H. The van der Waals surface area contributed by atoms with Crippen LogP contribution in [-0.4, -0.2) is 20.2 Å². The van der Waals surface area contributed by atoms with Crippen LogP contribution in [0.4, 0.5) is 4.39 Å². The van der Waals surface area contributed by atoms with Crippen molar-refractivity contribution < 1.29 is 9.18 Å². The van der Waals surface area contributed by atoms with Gasteiger partial charge in [0.2, 0.25) is 0 Å². The zero-order chi connectivity index (χ0) is 10.8. The first kappa shape index (κ1) is 9.79. The Morgan fingerprint density at radius 3 is 2.53 bits per heavy atom. The number of nitrogens with zero attached hydrogens (tertiary/aromatic N) is 3. The number of hydrogen-bond acceptors (Lipinski definition) is 3. The lowest BCUT2D eigenvalue weighted by Crippen LogP contribution is -1.94. The van der Waals surface area contributed by atoms with Crippen LogP contribution in [0, 0.1) is 5.82 Å². The van der Waals surface area contributed by atoms with Gasteiger partial charge >= 0.3 is 0 Å². The molecule has 4 nitrogen and oxygen atoms in total. The van der Waals surface area contributed by atoms with E-state index in [9.17, 15) is 9.18 Å². The molecule has 0 spiro atoms. The van der Waals surface area contributed by atoms with Gasteiger partial charge < -0.3 is 0 Å². The van der Waals surface area contributed by atoms with Crippen molar-refractivity contribution in [3.8, 4) is 5.69 Å². The molecular weight excluding hydrogens is 221 g/mol. The zero-order valence-electron chi connectivity index (χ0n) is 7.39. The fraction of sp³-hybridized carbons (Fsp3) is 0. The van der Waals surface area contributed by atoms with Gasteiger partial charge in [-0.05, 0) is 35.9 Å². The summed E-state index contributed by atoms with van der Waals surface area (Å²) in [5, 5.41) is 6.55. The van der Waals surface area contributed by atoms with Crippen LogP contribution in [-0.2, 0) is 0 Å². The Morgan fingerprint density at radius 2 is 2.00 bits per heavy atom. The van der Waals surface area contributed by atoms with Crippen molar-refractivity contribution in [2.45, 2.75) is 0 Å². The lowest BCUT2D eigenvalue weighted by Gasteiger charge is -1.97. The fourth-order valence-corrected chi connectivity index (χ4v) is 1.16. The van der Waals surface area contributed by atoms with Crippen LogP contribution >= 0.6 is 11.6 Å². The second kappa shape index (κ2) is 3.78. The van der Waals surface area contributed by atoms with E-state index >= 15 is 0 Å². The van der Waals surface area contributed by atoms with Crippen LogP contribution in [0.15, 0.2) is 30.5 Å². The van der Waals surface area contributed by atoms with E-state index < -0.39 is 5.24 Å². The van der Waals surface area contributed by atoms with Crippen LogP contribution in [0.3, 0.4) is 0 Å². The van der Waals surface area contributed by atoms with Gasteiger partial charge in [0, 0.05) is 0 Å². The lowest BCUT2D eigenvalue weighted by molar-refractivity contribution is 0.107. The summed E-state index contributed by atoms with van der Waals surface area (Å²) in [4.78, 5) is 10.7. The van der Waals surface area contributed by atoms with Crippen molar-refractivity contribution in [1.29, 1.82) is 0 Å².